The summed E-state index contributed by atoms with van der Waals surface area (Å²) in [7, 11) is -2.66. The van der Waals surface area contributed by atoms with E-state index >= 15 is 0 Å². The van der Waals surface area contributed by atoms with Gasteiger partial charge in [0.1, 0.15) is 23.3 Å². The van der Waals surface area contributed by atoms with Gasteiger partial charge in [0.25, 0.3) is 10.0 Å². The van der Waals surface area contributed by atoms with E-state index in [4.69, 9.17) is 9.47 Å². The number of ether oxygens (including phenoxy) is 2. The highest BCUT2D eigenvalue weighted by Crippen LogP contribution is 2.39. The molecular formula is C22H26FN3O6S. The van der Waals surface area contributed by atoms with E-state index in [-0.39, 0.29) is 40.9 Å². The standard InChI is InChI=1S/C22H26FN3O6S/c1-22(2,3)32-21(28)25-15-7-10-19-18(11-15)26(13-16(31-19)12-20(27)24-4)33(29,30)17-8-5-14(23)6-9-17/h5-11,16H,12-13H2,1-4H3,(H,24,27)(H,25,28)/t16-/m0/s1. The number of nitrogens with one attached hydrogen (secondary N) is 2. The Labute approximate surface area is 191 Å². The second kappa shape index (κ2) is 9.26. The van der Waals surface area contributed by atoms with Crippen LogP contribution >= 0.6 is 0 Å². The van der Waals surface area contributed by atoms with Crippen molar-refractivity contribution in [2.45, 2.75) is 43.8 Å². The van der Waals surface area contributed by atoms with Crippen LogP contribution in [0.25, 0.3) is 0 Å². The van der Waals surface area contributed by atoms with Crippen molar-refractivity contribution in [3.63, 3.8) is 0 Å². The Morgan fingerprint density at radius 2 is 1.85 bits per heavy atom. The van der Waals surface area contributed by atoms with E-state index in [0.717, 1.165) is 28.6 Å². The third-order valence-corrected chi connectivity index (χ3v) is 6.42. The first-order valence-electron chi connectivity index (χ1n) is 10.2. The number of rotatable bonds is 5. The predicted octanol–water partition coefficient (Wildman–Crippen LogP) is 3.27. The van der Waals surface area contributed by atoms with Crippen LogP contribution in [0.15, 0.2) is 47.4 Å². The van der Waals surface area contributed by atoms with Crippen molar-refractivity contribution in [3.05, 3.63) is 48.3 Å². The second-order valence-corrected chi connectivity index (χ2v) is 10.3. The fourth-order valence-corrected chi connectivity index (χ4v) is 4.69. The average molecular weight is 480 g/mol. The van der Waals surface area contributed by atoms with Gasteiger partial charge in [-0.1, -0.05) is 0 Å². The Kier molecular flexibility index (Phi) is 6.82. The van der Waals surface area contributed by atoms with E-state index in [1.807, 2.05) is 0 Å². The SMILES string of the molecule is CNC(=O)C[C@H]1CN(S(=O)(=O)c2ccc(F)cc2)c2cc(NC(=O)OC(C)(C)C)ccc2O1. The molecule has 0 spiro atoms. The molecule has 11 heteroatoms. The van der Waals surface area contributed by atoms with E-state index in [9.17, 15) is 22.4 Å². The molecule has 1 atom stereocenters. The van der Waals surface area contributed by atoms with E-state index in [0.29, 0.717) is 0 Å². The van der Waals surface area contributed by atoms with Gasteiger partial charge in [-0.3, -0.25) is 14.4 Å². The molecule has 178 valence electrons. The van der Waals surface area contributed by atoms with E-state index in [1.165, 1.54) is 25.2 Å². The van der Waals surface area contributed by atoms with Crippen molar-refractivity contribution < 1.29 is 31.9 Å². The molecule has 9 nitrogen and oxygen atoms in total. The summed E-state index contributed by atoms with van der Waals surface area (Å²) in [4.78, 5) is 23.9. The predicted molar refractivity (Wildman–Crippen MR) is 120 cm³/mol. The van der Waals surface area contributed by atoms with Crippen LogP contribution in [0.4, 0.5) is 20.6 Å². The number of carbonyl (C=O) groups excluding carboxylic acids is 2. The molecule has 33 heavy (non-hydrogen) atoms. The molecule has 0 fully saturated rings. The lowest BCUT2D eigenvalue weighted by Gasteiger charge is -2.35. The number of amides is 2. The highest BCUT2D eigenvalue weighted by molar-refractivity contribution is 7.92. The molecule has 0 radical (unpaired) electrons. The van der Waals surface area contributed by atoms with Gasteiger partial charge in [-0.2, -0.15) is 0 Å². The molecule has 2 aromatic rings. The van der Waals surface area contributed by atoms with Gasteiger partial charge in [0.15, 0.2) is 0 Å². The molecular weight excluding hydrogens is 453 g/mol. The van der Waals surface area contributed by atoms with Crippen molar-refractivity contribution in [1.82, 2.24) is 5.32 Å². The topological polar surface area (TPSA) is 114 Å². The number of fused-ring (bicyclic) bond motifs is 1. The number of hydrogen-bond acceptors (Lipinski definition) is 6. The van der Waals surface area contributed by atoms with Crippen molar-refractivity contribution in [3.8, 4) is 5.75 Å². The lowest BCUT2D eigenvalue weighted by Crippen LogP contribution is -2.45. The van der Waals surface area contributed by atoms with Crippen molar-refractivity contribution in [2.24, 2.45) is 0 Å². The molecule has 0 aliphatic carbocycles. The zero-order chi connectivity index (χ0) is 24.4. The van der Waals surface area contributed by atoms with Gasteiger partial charge in [-0.15, -0.1) is 0 Å². The highest BCUT2D eigenvalue weighted by atomic mass is 32.2. The van der Waals surface area contributed by atoms with Crippen molar-refractivity contribution in [2.75, 3.05) is 23.2 Å². The summed E-state index contributed by atoms with van der Waals surface area (Å²) in [5.74, 6) is -0.668. The molecule has 0 bridgehead atoms. The number of hydrogen-bond donors (Lipinski definition) is 2. The Morgan fingerprint density at radius 1 is 1.18 bits per heavy atom. The molecule has 1 aliphatic rings. The Bertz CT molecular complexity index is 1150. The van der Waals surface area contributed by atoms with Crippen LogP contribution in [-0.2, 0) is 19.6 Å². The van der Waals surface area contributed by atoms with Crippen LogP contribution in [0.2, 0.25) is 0 Å². The summed E-state index contributed by atoms with van der Waals surface area (Å²) in [6.45, 7) is 5.00. The zero-order valence-corrected chi connectivity index (χ0v) is 19.5. The van der Waals surface area contributed by atoms with Crippen LogP contribution in [0, 0.1) is 5.82 Å². The number of sulfonamides is 1. The van der Waals surface area contributed by atoms with Crippen molar-refractivity contribution in [1.29, 1.82) is 0 Å². The summed E-state index contributed by atoms with van der Waals surface area (Å²) < 4.78 is 52.4. The van der Waals surface area contributed by atoms with Crippen molar-refractivity contribution >= 4 is 33.4 Å². The molecule has 0 saturated carbocycles. The van der Waals surface area contributed by atoms with E-state index in [1.54, 1.807) is 20.8 Å². The van der Waals surface area contributed by atoms with Gasteiger partial charge in [0.2, 0.25) is 5.91 Å². The molecule has 0 saturated heterocycles. The van der Waals surface area contributed by atoms with Crippen LogP contribution < -0.4 is 19.7 Å². The smallest absolute Gasteiger partial charge is 0.412 e. The quantitative estimate of drug-likeness (QED) is 0.681. The van der Waals surface area contributed by atoms with Gasteiger partial charge < -0.3 is 14.8 Å². The average Bonchev–Trinajstić information content (AvgIpc) is 2.72. The molecule has 2 aromatic carbocycles. The third kappa shape index (κ3) is 5.92. The molecule has 1 aliphatic heterocycles. The first kappa shape index (κ1) is 24.3. The minimum atomic E-state index is -4.13. The van der Waals surface area contributed by atoms with Gasteiger partial charge >= 0.3 is 6.09 Å². The summed E-state index contributed by atoms with van der Waals surface area (Å²) in [5, 5.41) is 5.06. The van der Waals surface area contributed by atoms with Crippen LogP contribution in [0.1, 0.15) is 27.2 Å². The van der Waals surface area contributed by atoms with Gasteiger partial charge in [0.05, 0.1) is 23.5 Å². The molecule has 0 aromatic heterocycles. The third-order valence-electron chi connectivity index (χ3n) is 4.63. The number of anilines is 2. The monoisotopic (exact) mass is 479 g/mol. The minimum Gasteiger partial charge on any atom is -0.486 e. The summed E-state index contributed by atoms with van der Waals surface area (Å²) in [5.41, 5.74) is -0.261. The zero-order valence-electron chi connectivity index (χ0n) is 18.7. The maximum atomic E-state index is 13.4. The first-order valence-corrected chi connectivity index (χ1v) is 11.6. The summed E-state index contributed by atoms with van der Waals surface area (Å²) >= 11 is 0. The van der Waals surface area contributed by atoms with E-state index in [2.05, 4.69) is 10.6 Å². The lowest BCUT2D eigenvalue weighted by molar-refractivity contribution is -0.122. The first-order chi connectivity index (χ1) is 15.4. The maximum Gasteiger partial charge on any atom is 0.412 e. The molecule has 0 unspecified atom stereocenters. The van der Waals surface area contributed by atoms with Gasteiger partial charge in [-0.05, 0) is 63.2 Å². The minimum absolute atomic E-state index is 0.0662. The summed E-state index contributed by atoms with van der Waals surface area (Å²) in [6, 6.07) is 8.91. The lowest BCUT2D eigenvalue weighted by atomic mass is 10.1. The molecule has 2 N–H and O–H groups in total. The molecule has 3 rings (SSSR count). The fourth-order valence-electron chi connectivity index (χ4n) is 3.19. The second-order valence-electron chi connectivity index (χ2n) is 8.42. The number of nitrogens with zero attached hydrogens (tertiary/aromatic N) is 1. The van der Waals surface area contributed by atoms with Crippen LogP contribution in [-0.4, -0.2) is 45.7 Å². The van der Waals surface area contributed by atoms with E-state index < -0.39 is 33.6 Å². The van der Waals surface area contributed by atoms with Gasteiger partial charge in [-0.25, -0.2) is 17.6 Å². The van der Waals surface area contributed by atoms with Crippen LogP contribution in [0.3, 0.4) is 0 Å². The number of halogens is 1. The number of benzene rings is 2. The number of carbonyl (C=O) groups is 2. The Hall–Kier alpha value is -3.34. The van der Waals surface area contributed by atoms with Gasteiger partial charge in [0, 0.05) is 12.7 Å². The van der Waals surface area contributed by atoms with Crippen LogP contribution in [0.5, 0.6) is 5.75 Å². The molecule has 2 amide bonds. The maximum absolute atomic E-state index is 13.4. The Balaban J connectivity index is 1.99. The summed E-state index contributed by atoms with van der Waals surface area (Å²) in [6.07, 6.45) is -1.52. The molecule has 1 heterocycles. The Morgan fingerprint density at radius 3 is 2.45 bits per heavy atom. The largest absolute Gasteiger partial charge is 0.486 e. The highest BCUT2D eigenvalue weighted by Gasteiger charge is 2.35. The normalized spacial score (nSPS) is 15.8. The fraction of sp³-hybridized carbons (Fsp3) is 0.364.